The first-order valence-corrected chi connectivity index (χ1v) is 7.95. The maximum atomic E-state index is 14.2. The second-order valence-electron chi connectivity index (χ2n) is 6.09. The van der Waals surface area contributed by atoms with Gasteiger partial charge in [0.1, 0.15) is 11.6 Å². The molecule has 3 aromatic rings. The van der Waals surface area contributed by atoms with Crippen LogP contribution in [0, 0.1) is 11.6 Å². The number of aromatic nitrogens is 1. The van der Waals surface area contributed by atoms with Gasteiger partial charge < -0.3 is 9.88 Å². The van der Waals surface area contributed by atoms with E-state index in [1.54, 1.807) is 11.1 Å². The van der Waals surface area contributed by atoms with Gasteiger partial charge in [0.15, 0.2) is 5.78 Å². The van der Waals surface area contributed by atoms with Gasteiger partial charge in [-0.3, -0.25) is 4.79 Å². The van der Waals surface area contributed by atoms with Crippen LogP contribution in [-0.2, 0) is 6.42 Å². The number of carbonyl (C=O) groups is 1. The molecule has 0 bridgehead atoms. The molecule has 4 rings (SSSR count). The molecule has 5 heteroatoms. The molecule has 0 saturated carbocycles. The van der Waals surface area contributed by atoms with E-state index in [0.717, 1.165) is 23.4 Å². The second kappa shape index (κ2) is 5.74. The number of halogens is 2. The number of benzene rings is 2. The molecule has 0 aliphatic carbocycles. The minimum atomic E-state index is -0.601. The van der Waals surface area contributed by atoms with Gasteiger partial charge in [-0.1, -0.05) is 18.2 Å². The van der Waals surface area contributed by atoms with Crippen molar-refractivity contribution < 1.29 is 13.6 Å². The van der Waals surface area contributed by atoms with E-state index >= 15 is 0 Å². The van der Waals surface area contributed by atoms with E-state index < -0.39 is 11.6 Å². The van der Waals surface area contributed by atoms with Crippen LogP contribution in [0.2, 0.25) is 0 Å². The van der Waals surface area contributed by atoms with Crippen LogP contribution in [0.25, 0.3) is 10.9 Å². The molecule has 2 aromatic carbocycles. The number of fused-ring (bicyclic) bond motifs is 2. The summed E-state index contributed by atoms with van der Waals surface area (Å²) in [7, 11) is 0. The molecular formula is C19H16F2N2O. The van der Waals surface area contributed by atoms with Gasteiger partial charge >= 0.3 is 0 Å². The zero-order valence-corrected chi connectivity index (χ0v) is 13.0. The van der Waals surface area contributed by atoms with Crippen molar-refractivity contribution in [3.8, 4) is 0 Å². The number of aryl methyl sites for hydroxylation is 1. The largest absolute Gasteiger partial charge is 0.361 e. The van der Waals surface area contributed by atoms with Crippen LogP contribution in [0.5, 0.6) is 0 Å². The Bertz CT molecular complexity index is 932. The molecule has 24 heavy (non-hydrogen) atoms. The van der Waals surface area contributed by atoms with Crippen molar-refractivity contribution in [2.24, 2.45) is 0 Å². The summed E-state index contributed by atoms with van der Waals surface area (Å²) < 4.78 is 27.6. The van der Waals surface area contributed by atoms with Crippen molar-refractivity contribution in [3.05, 3.63) is 65.4 Å². The first-order chi connectivity index (χ1) is 11.6. The predicted molar refractivity (Wildman–Crippen MR) is 89.5 cm³/mol. The van der Waals surface area contributed by atoms with Gasteiger partial charge in [0.25, 0.3) is 0 Å². The number of H-pyrrole nitrogens is 1. The average Bonchev–Trinajstić information content (AvgIpc) is 2.98. The quantitative estimate of drug-likeness (QED) is 0.736. The molecule has 1 aliphatic rings. The number of hydrogen-bond acceptors (Lipinski definition) is 2. The number of anilines is 1. The van der Waals surface area contributed by atoms with E-state index in [1.807, 2.05) is 24.3 Å². The predicted octanol–water partition coefficient (Wildman–Crippen LogP) is 4.08. The number of Topliss-reactive ketones (excluding diaryl/α,β-unsaturated/α-hetero) is 1. The summed E-state index contributed by atoms with van der Waals surface area (Å²) in [5, 5.41) is 0.860. The third kappa shape index (κ3) is 2.46. The van der Waals surface area contributed by atoms with E-state index in [1.165, 1.54) is 6.07 Å². The number of hydrogen-bond donors (Lipinski definition) is 1. The van der Waals surface area contributed by atoms with E-state index in [0.29, 0.717) is 29.8 Å². The van der Waals surface area contributed by atoms with Crippen molar-refractivity contribution in [1.29, 1.82) is 0 Å². The molecule has 0 atom stereocenters. The Morgan fingerprint density at radius 1 is 1.21 bits per heavy atom. The van der Waals surface area contributed by atoms with Gasteiger partial charge in [0, 0.05) is 35.3 Å². The van der Waals surface area contributed by atoms with Gasteiger partial charge in [-0.25, -0.2) is 8.78 Å². The van der Waals surface area contributed by atoms with Crippen LogP contribution >= 0.6 is 0 Å². The average molecular weight is 326 g/mol. The van der Waals surface area contributed by atoms with E-state index in [2.05, 4.69) is 4.98 Å². The number of nitrogens with one attached hydrogen (secondary N) is 1. The third-order valence-electron chi connectivity index (χ3n) is 4.52. The lowest BCUT2D eigenvalue weighted by molar-refractivity contribution is 0.1000. The normalized spacial score (nSPS) is 14.0. The summed E-state index contributed by atoms with van der Waals surface area (Å²) in [6, 6.07) is 9.82. The molecule has 0 unspecified atom stereocenters. The van der Waals surface area contributed by atoms with E-state index in [9.17, 15) is 13.6 Å². The van der Waals surface area contributed by atoms with E-state index in [-0.39, 0.29) is 12.3 Å². The number of carbonyl (C=O) groups excluding carboxylic acids is 1. The van der Waals surface area contributed by atoms with E-state index in [4.69, 9.17) is 0 Å². The summed E-state index contributed by atoms with van der Waals surface area (Å²) in [6.45, 7) is 0.668. The van der Waals surface area contributed by atoms with Crippen molar-refractivity contribution in [1.82, 2.24) is 4.98 Å². The van der Waals surface area contributed by atoms with Crippen molar-refractivity contribution in [2.45, 2.75) is 12.8 Å². The lowest BCUT2D eigenvalue weighted by atomic mass is 10.00. The molecule has 1 N–H and O–H groups in total. The van der Waals surface area contributed by atoms with Crippen molar-refractivity contribution in [2.75, 3.05) is 18.0 Å². The van der Waals surface area contributed by atoms with Crippen molar-refractivity contribution >= 4 is 22.4 Å². The van der Waals surface area contributed by atoms with Gasteiger partial charge in [-0.05, 0) is 30.5 Å². The Kier molecular flexibility index (Phi) is 3.56. The Hall–Kier alpha value is -2.69. The Balaban J connectivity index is 1.66. The highest BCUT2D eigenvalue weighted by atomic mass is 19.1. The van der Waals surface area contributed by atoms with Gasteiger partial charge in [-0.15, -0.1) is 0 Å². The van der Waals surface area contributed by atoms with Gasteiger partial charge in [-0.2, -0.15) is 0 Å². The summed E-state index contributed by atoms with van der Waals surface area (Å²) in [5.41, 5.74) is 2.48. The first-order valence-electron chi connectivity index (χ1n) is 7.95. The monoisotopic (exact) mass is 326 g/mol. The number of aromatic amines is 1. The fourth-order valence-electron chi connectivity index (χ4n) is 3.46. The number of ketones is 1. The van der Waals surface area contributed by atoms with Crippen LogP contribution in [0.4, 0.5) is 14.5 Å². The standard InChI is InChI=1S/C19H16F2N2O/c20-13-8-12-4-3-7-23(19(12)16(21)9-13)11-18(24)15-10-22-17-6-2-1-5-14(15)17/h1-2,5-6,8-10,22H,3-4,7,11H2. The van der Waals surface area contributed by atoms with Crippen molar-refractivity contribution in [3.63, 3.8) is 0 Å². The summed E-state index contributed by atoms with van der Waals surface area (Å²) >= 11 is 0. The SMILES string of the molecule is O=C(CN1CCCc2cc(F)cc(F)c21)c1c[nH]c2ccccc12. The number of para-hydroxylation sites is 1. The molecule has 0 amide bonds. The van der Waals surface area contributed by atoms with Gasteiger partial charge in [0.05, 0.1) is 12.2 Å². The molecule has 0 radical (unpaired) electrons. The summed E-state index contributed by atoms with van der Waals surface area (Å²) in [5.74, 6) is -1.25. The zero-order valence-electron chi connectivity index (χ0n) is 13.0. The zero-order chi connectivity index (χ0) is 16.7. The minimum Gasteiger partial charge on any atom is -0.361 e. The number of nitrogens with zero attached hydrogens (tertiary/aromatic N) is 1. The maximum absolute atomic E-state index is 14.2. The Labute approximate surface area is 137 Å². The molecule has 1 aromatic heterocycles. The molecule has 2 heterocycles. The second-order valence-corrected chi connectivity index (χ2v) is 6.09. The molecule has 0 spiro atoms. The molecule has 0 saturated heterocycles. The molecular weight excluding hydrogens is 310 g/mol. The van der Waals surface area contributed by atoms with Gasteiger partial charge in [0.2, 0.25) is 0 Å². The lowest BCUT2D eigenvalue weighted by Gasteiger charge is -2.31. The highest BCUT2D eigenvalue weighted by molar-refractivity contribution is 6.09. The topological polar surface area (TPSA) is 36.1 Å². The lowest BCUT2D eigenvalue weighted by Crippen LogP contribution is -2.35. The first kappa shape index (κ1) is 14.9. The molecule has 1 aliphatic heterocycles. The molecule has 122 valence electrons. The minimum absolute atomic E-state index is 0.0796. The summed E-state index contributed by atoms with van der Waals surface area (Å²) in [4.78, 5) is 17.5. The van der Waals surface area contributed by atoms with Crippen LogP contribution in [-0.4, -0.2) is 23.9 Å². The van der Waals surface area contributed by atoms with Crippen LogP contribution in [0.3, 0.4) is 0 Å². The third-order valence-corrected chi connectivity index (χ3v) is 4.52. The fourth-order valence-corrected chi connectivity index (χ4v) is 3.46. The highest BCUT2D eigenvalue weighted by Crippen LogP contribution is 2.31. The molecule has 0 fully saturated rings. The Morgan fingerprint density at radius 2 is 2.04 bits per heavy atom. The maximum Gasteiger partial charge on any atom is 0.184 e. The van der Waals surface area contributed by atoms with Crippen LogP contribution in [0.1, 0.15) is 22.3 Å². The summed E-state index contributed by atoms with van der Waals surface area (Å²) in [6.07, 6.45) is 3.09. The smallest absolute Gasteiger partial charge is 0.184 e. The highest BCUT2D eigenvalue weighted by Gasteiger charge is 2.24. The molecule has 3 nitrogen and oxygen atoms in total. The Morgan fingerprint density at radius 3 is 2.92 bits per heavy atom. The van der Waals surface area contributed by atoms with Crippen LogP contribution in [0.15, 0.2) is 42.6 Å². The fraction of sp³-hybridized carbons (Fsp3) is 0.211. The number of rotatable bonds is 3. The van der Waals surface area contributed by atoms with Crippen LogP contribution < -0.4 is 4.90 Å².